The summed E-state index contributed by atoms with van der Waals surface area (Å²) in [4.78, 5) is 0. The highest BCUT2D eigenvalue weighted by molar-refractivity contribution is 6.84. The van der Waals surface area contributed by atoms with Crippen molar-refractivity contribution < 1.29 is 8.85 Å². The summed E-state index contributed by atoms with van der Waals surface area (Å²) in [5.41, 5.74) is 0. The lowest BCUT2D eigenvalue weighted by Gasteiger charge is -2.35. The third-order valence-electron chi connectivity index (χ3n) is 4.52. The van der Waals surface area contributed by atoms with Gasteiger partial charge in [0.1, 0.15) is 0 Å². The molecule has 0 atom stereocenters. The van der Waals surface area contributed by atoms with Crippen LogP contribution >= 0.6 is 0 Å². The molecule has 22 heavy (non-hydrogen) atoms. The molecule has 0 aliphatic carbocycles. The highest BCUT2D eigenvalue weighted by Crippen LogP contribution is 2.36. The Labute approximate surface area is 138 Å². The van der Waals surface area contributed by atoms with Crippen LogP contribution in [0.5, 0.6) is 0 Å². The molecule has 0 N–H and O–H groups in total. The fraction of sp³-hybridized carbons (Fsp3) is 0.556. The second-order valence-corrected chi connectivity index (χ2v) is 16.4. The van der Waals surface area contributed by atoms with E-state index in [1.54, 1.807) is 0 Å². The first-order valence-electron chi connectivity index (χ1n) is 8.05. The molecule has 0 saturated heterocycles. The Hall–Kier alpha value is -0.686. The van der Waals surface area contributed by atoms with Gasteiger partial charge in [-0.15, -0.1) is 0 Å². The maximum absolute atomic E-state index is 6.12. The quantitative estimate of drug-likeness (QED) is 0.531. The number of hydrogen-bond donors (Lipinski definition) is 0. The van der Waals surface area contributed by atoms with Gasteiger partial charge in [-0.05, 0) is 36.4 Å². The highest BCUT2D eigenvalue weighted by atomic mass is 28.4. The molecule has 0 aliphatic rings. The Bertz CT molecular complexity index is 474. The van der Waals surface area contributed by atoms with Crippen molar-refractivity contribution in [2.45, 2.75) is 52.0 Å². The minimum absolute atomic E-state index is 0.263. The van der Waals surface area contributed by atoms with Crippen molar-refractivity contribution in [1.82, 2.24) is 0 Å². The van der Waals surface area contributed by atoms with Crippen molar-refractivity contribution in [3.8, 4) is 0 Å². The SMILES string of the molecule is CC(C)(C)[Si](C)(C)OC/C=C\CO[Si](C)(C)c1ccccc1. The normalized spacial score (nSPS) is 13.8. The van der Waals surface area contributed by atoms with Gasteiger partial charge in [0.05, 0.1) is 13.2 Å². The van der Waals surface area contributed by atoms with Gasteiger partial charge in [0.2, 0.25) is 8.32 Å². The van der Waals surface area contributed by atoms with Crippen LogP contribution in [-0.4, -0.2) is 29.8 Å². The van der Waals surface area contributed by atoms with Crippen molar-refractivity contribution in [1.29, 1.82) is 0 Å². The van der Waals surface area contributed by atoms with Crippen LogP contribution in [0.4, 0.5) is 0 Å². The molecule has 1 aromatic carbocycles. The fourth-order valence-corrected chi connectivity index (χ4v) is 4.41. The van der Waals surface area contributed by atoms with Crippen molar-refractivity contribution >= 4 is 21.8 Å². The predicted octanol–water partition coefficient (Wildman–Crippen LogP) is 4.69. The minimum Gasteiger partial charge on any atom is -0.413 e. The van der Waals surface area contributed by atoms with E-state index in [2.05, 4.69) is 83.4 Å². The molecular formula is C18H32O2Si2. The first-order valence-corrected chi connectivity index (χ1v) is 13.9. The van der Waals surface area contributed by atoms with Gasteiger partial charge in [0.25, 0.3) is 0 Å². The van der Waals surface area contributed by atoms with Crippen LogP contribution in [-0.2, 0) is 8.85 Å². The molecule has 0 radical (unpaired) electrons. The fourth-order valence-electron chi connectivity index (χ4n) is 1.79. The second-order valence-electron chi connectivity index (χ2n) is 7.73. The van der Waals surface area contributed by atoms with Gasteiger partial charge in [-0.1, -0.05) is 63.3 Å². The average Bonchev–Trinajstić information content (AvgIpc) is 2.42. The molecule has 0 aliphatic heterocycles. The van der Waals surface area contributed by atoms with Crippen molar-refractivity contribution in [3.63, 3.8) is 0 Å². The zero-order valence-electron chi connectivity index (χ0n) is 15.3. The summed E-state index contributed by atoms with van der Waals surface area (Å²) < 4.78 is 12.2. The van der Waals surface area contributed by atoms with Gasteiger partial charge in [0.15, 0.2) is 8.32 Å². The van der Waals surface area contributed by atoms with Crippen molar-refractivity contribution in [3.05, 3.63) is 42.5 Å². The maximum Gasteiger partial charge on any atom is 0.218 e. The molecule has 0 bridgehead atoms. The number of benzene rings is 1. The second kappa shape index (κ2) is 7.73. The summed E-state index contributed by atoms with van der Waals surface area (Å²) in [6.07, 6.45) is 4.18. The van der Waals surface area contributed by atoms with E-state index >= 15 is 0 Å². The Kier molecular flexibility index (Phi) is 6.80. The molecule has 4 heteroatoms. The van der Waals surface area contributed by atoms with E-state index in [0.717, 1.165) is 0 Å². The summed E-state index contributed by atoms with van der Waals surface area (Å²) in [6, 6.07) is 10.5. The first-order chi connectivity index (χ1) is 10.1. The number of hydrogen-bond acceptors (Lipinski definition) is 2. The molecule has 124 valence electrons. The molecule has 1 aromatic rings. The lowest BCUT2D eigenvalue weighted by Crippen LogP contribution is -2.44. The van der Waals surface area contributed by atoms with Crippen LogP contribution in [0.15, 0.2) is 42.5 Å². The van der Waals surface area contributed by atoms with Crippen molar-refractivity contribution in [2.24, 2.45) is 0 Å². The van der Waals surface area contributed by atoms with Crippen LogP contribution < -0.4 is 5.19 Å². The Balaban J connectivity index is 2.39. The average molecular weight is 337 g/mol. The smallest absolute Gasteiger partial charge is 0.218 e. The van der Waals surface area contributed by atoms with Gasteiger partial charge in [0, 0.05) is 0 Å². The molecule has 0 amide bonds. The van der Waals surface area contributed by atoms with E-state index in [-0.39, 0.29) is 5.04 Å². The summed E-state index contributed by atoms with van der Waals surface area (Å²) in [5.74, 6) is 0. The van der Waals surface area contributed by atoms with Gasteiger partial charge in [-0.2, -0.15) is 0 Å². The third-order valence-corrected chi connectivity index (χ3v) is 11.6. The van der Waals surface area contributed by atoms with E-state index in [1.807, 2.05) is 6.07 Å². The van der Waals surface area contributed by atoms with Gasteiger partial charge in [-0.25, -0.2) is 0 Å². The van der Waals surface area contributed by atoms with Crippen LogP contribution in [0, 0.1) is 0 Å². The van der Waals surface area contributed by atoms with Crippen LogP contribution in [0.2, 0.25) is 31.2 Å². The van der Waals surface area contributed by atoms with Crippen molar-refractivity contribution in [2.75, 3.05) is 13.2 Å². The molecule has 0 unspecified atom stereocenters. The molecule has 0 saturated carbocycles. The lowest BCUT2D eigenvalue weighted by molar-refractivity contribution is 0.324. The van der Waals surface area contributed by atoms with Gasteiger partial charge >= 0.3 is 0 Å². The monoisotopic (exact) mass is 336 g/mol. The minimum atomic E-state index is -1.79. The first kappa shape index (κ1) is 19.4. The zero-order valence-corrected chi connectivity index (χ0v) is 17.3. The van der Waals surface area contributed by atoms with E-state index < -0.39 is 16.6 Å². The summed E-state index contributed by atoms with van der Waals surface area (Å²) >= 11 is 0. The molecular weight excluding hydrogens is 304 g/mol. The lowest BCUT2D eigenvalue weighted by atomic mass is 10.2. The maximum atomic E-state index is 6.12. The largest absolute Gasteiger partial charge is 0.413 e. The van der Waals surface area contributed by atoms with Crippen LogP contribution in [0.3, 0.4) is 0 Å². The molecule has 0 spiro atoms. The standard InChI is InChI=1S/C18H32O2Si2/c1-18(2,3)22(6,7)20-16-12-11-15-19-21(4,5)17-13-9-8-10-14-17/h8-14H,15-16H2,1-7H3/b12-11-. The molecule has 0 aromatic heterocycles. The highest BCUT2D eigenvalue weighted by Gasteiger charge is 2.36. The summed E-state index contributed by atoms with van der Waals surface area (Å²) in [5, 5.41) is 1.60. The van der Waals surface area contributed by atoms with Crippen LogP contribution in [0.25, 0.3) is 0 Å². The Morgan fingerprint density at radius 3 is 1.86 bits per heavy atom. The predicted molar refractivity (Wildman–Crippen MR) is 102 cm³/mol. The van der Waals surface area contributed by atoms with E-state index in [0.29, 0.717) is 13.2 Å². The van der Waals surface area contributed by atoms with E-state index in [9.17, 15) is 0 Å². The summed E-state index contributed by atoms with van der Waals surface area (Å²) in [6.45, 7) is 17.2. The summed E-state index contributed by atoms with van der Waals surface area (Å²) in [7, 11) is -3.43. The number of rotatable bonds is 7. The molecule has 2 nitrogen and oxygen atoms in total. The Morgan fingerprint density at radius 2 is 1.36 bits per heavy atom. The van der Waals surface area contributed by atoms with E-state index in [1.165, 1.54) is 5.19 Å². The topological polar surface area (TPSA) is 18.5 Å². The van der Waals surface area contributed by atoms with E-state index in [4.69, 9.17) is 8.85 Å². The van der Waals surface area contributed by atoms with Gasteiger partial charge in [-0.3, -0.25) is 0 Å². The third kappa shape index (κ3) is 5.84. The molecule has 0 fully saturated rings. The zero-order chi connectivity index (χ0) is 16.9. The van der Waals surface area contributed by atoms with Crippen LogP contribution in [0.1, 0.15) is 20.8 Å². The molecule has 1 rings (SSSR count). The molecule has 0 heterocycles. The Morgan fingerprint density at radius 1 is 0.864 bits per heavy atom. The van der Waals surface area contributed by atoms with Gasteiger partial charge < -0.3 is 8.85 Å².